The van der Waals surface area contributed by atoms with Gasteiger partial charge < -0.3 is 20.4 Å². The Morgan fingerprint density at radius 2 is 1.69 bits per heavy atom. The molecule has 0 amide bonds. The first-order valence-corrected chi connectivity index (χ1v) is 4.47. The van der Waals surface area contributed by atoms with Gasteiger partial charge in [-0.3, -0.25) is 9.36 Å². The van der Waals surface area contributed by atoms with Crippen molar-refractivity contribution in [2.75, 3.05) is 0 Å². The molecular formula is C9H11NO6. The lowest BCUT2D eigenvalue weighted by molar-refractivity contribution is -0.142. The summed E-state index contributed by atoms with van der Waals surface area (Å²) in [7, 11) is 0. The van der Waals surface area contributed by atoms with Crippen molar-refractivity contribution >= 4 is 11.9 Å². The molecule has 1 rings (SSSR count). The van der Waals surface area contributed by atoms with Crippen molar-refractivity contribution in [2.45, 2.75) is 18.9 Å². The Morgan fingerprint density at radius 3 is 2.06 bits per heavy atom. The van der Waals surface area contributed by atoms with Gasteiger partial charge in [-0.2, -0.15) is 0 Å². The van der Waals surface area contributed by atoms with Gasteiger partial charge in [0.25, 0.3) is 0 Å². The molecule has 7 nitrogen and oxygen atoms in total. The minimum atomic E-state index is -1.32. The summed E-state index contributed by atoms with van der Waals surface area (Å²) < 4.78 is 0.769. The van der Waals surface area contributed by atoms with Gasteiger partial charge in [-0.05, 0) is 6.42 Å². The normalized spacial score (nSPS) is 12.2. The minimum Gasteiger partial charge on any atom is -0.494 e. The maximum absolute atomic E-state index is 10.9. The SMILES string of the molecule is O=C(O)CCC(C(=O)O)n1c(O)ccc1O. The van der Waals surface area contributed by atoms with Crippen LogP contribution in [0, 0.1) is 0 Å². The molecule has 0 aliphatic heterocycles. The van der Waals surface area contributed by atoms with Crippen LogP contribution in [0.3, 0.4) is 0 Å². The summed E-state index contributed by atoms with van der Waals surface area (Å²) in [6.07, 6.45) is -0.589. The predicted molar refractivity (Wildman–Crippen MR) is 51.3 cm³/mol. The Labute approximate surface area is 90.2 Å². The molecule has 1 aromatic heterocycles. The van der Waals surface area contributed by atoms with E-state index < -0.39 is 29.7 Å². The first-order valence-electron chi connectivity index (χ1n) is 4.47. The number of aromatic hydroxyl groups is 2. The summed E-state index contributed by atoms with van der Waals surface area (Å²) in [6.45, 7) is 0. The minimum absolute atomic E-state index is 0.222. The summed E-state index contributed by atoms with van der Waals surface area (Å²) in [5.41, 5.74) is 0. The van der Waals surface area contributed by atoms with E-state index >= 15 is 0 Å². The number of carbonyl (C=O) groups is 2. The van der Waals surface area contributed by atoms with E-state index in [-0.39, 0.29) is 12.8 Å². The van der Waals surface area contributed by atoms with E-state index in [0.717, 1.165) is 16.7 Å². The fourth-order valence-corrected chi connectivity index (χ4v) is 1.37. The number of carboxylic acids is 2. The lowest BCUT2D eigenvalue weighted by Crippen LogP contribution is -2.19. The van der Waals surface area contributed by atoms with Crippen LogP contribution in [0.15, 0.2) is 12.1 Å². The van der Waals surface area contributed by atoms with Crippen LogP contribution >= 0.6 is 0 Å². The Kier molecular flexibility index (Phi) is 3.39. The first kappa shape index (κ1) is 11.9. The molecule has 0 bridgehead atoms. The molecule has 7 heteroatoms. The zero-order valence-corrected chi connectivity index (χ0v) is 8.20. The Hall–Kier alpha value is -2.18. The van der Waals surface area contributed by atoms with E-state index in [0.29, 0.717) is 0 Å². The average molecular weight is 229 g/mol. The van der Waals surface area contributed by atoms with E-state index in [4.69, 9.17) is 10.2 Å². The lowest BCUT2D eigenvalue weighted by Gasteiger charge is -2.15. The molecule has 0 saturated heterocycles. The third-order valence-electron chi connectivity index (χ3n) is 2.10. The monoisotopic (exact) mass is 229 g/mol. The molecule has 0 aliphatic rings. The van der Waals surface area contributed by atoms with Crippen molar-refractivity contribution in [3.05, 3.63) is 12.1 Å². The van der Waals surface area contributed by atoms with E-state index in [2.05, 4.69) is 0 Å². The van der Waals surface area contributed by atoms with Crippen LogP contribution in [-0.2, 0) is 9.59 Å². The maximum atomic E-state index is 10.9. The molecule has 0 saturated carbocycles. The highest BCUT2D eigenvalue weighted by molar-refractivity contribution is 5.74. The second-order valence-corrected chi connectivity index (χ2v) is 3.21. The van der Waals surface area contributed by atoms with Crippen LogP contribution in [0.2, 0.25) is 0 Å². The van der Waals surface area contributed by atoms with Gasteiger partial charge in [-0.15, -0.1) is 0 Å². The molecule has 0 aliphatic carbocycles. The number of carboxylic acid groups (broad SMARTS) is 2. The summed E-state index contributed by atoms with van der Waals surface area (Å²) in [5.74, 6) is -3.30. The molecule has 88 valence electrons. The number of hydrogen-bond donors (Lipinski definition) is 4. The van der Waals surface area contributed by atoms with Gasteiger partial charge >= 0.3 is 11.9 Å². The van der Waals surface area contributed by atoms with E-state index in [9.17, 15) is 19.8 Å². The van der Waals surface area contributed by atoms with Crippen molar-refractivity contribution < 1.29 is 30.0 Å². The molecule has 1 aromatic rings. The molecule has 1 heterocycles. The van der Waals surface area contributed by atoms with Gasteiger partial charge in [-0.1, -0.05) is 0 Å². The van der Waals surface area contributed by atoms with Gasteiger partial charge in [0, 0.05) is 18.6 Å². The summed E-state index contributed by atoms with van der Waals surface area (Å²) in [6, 6.07) is 0.962. The fraction of sp³-hybridized carbons (Fsp3) is 0.333. The zero-order chi connectivity index (χ0) is 12.3. The van der Waals surface area contributed by atoms with Crippen LogP contribution in [0.4, 0.5) is 0 Å². The van der Waals surface area contributed by atoms with Gasteiger partial charge in [0.05, 0.1) is 0 Å². The van der Waals surface area contributed by atoms with E-state index in [1.807, 2.05) is 0 Å². The smallest absolute Gasteiger partial charge is 0.326 e. The number of hydrogen-bond acceptors (Lipinski definition) is 4. The van der Waals surface area contributed by atoms with Crippen molar-refractivity contribution in [3.8, 4) is 11.8 Å². The highest BCUT2D eigenvalue weighted by Crippen LogP contribution is 2.29. The first-order chi connectivity index (χ1) is 7.43. The highest BCUT2D eigenvalue weighted by Gasteiger charge is 2.25. The van der Waals surface area contributed by atoms with Gasteiger partial charge in [-0.25, -0.2) is 4.79 Å². The second-order valence-electron chi connectivity index (χ2n) is 3.21. The molecule has 0 aromatic carbocycles. The van der Waals surface area contributed by atoms with Gasteiger partial charge in [0.15, 0.2) is 11.8 Å². The predicted octanol–water partition coefficient (Wildman–Crippen LogP) is 0.390. The number of aromatic nitrogens is 1. The van der Waals surface area contributed by atoms with Crippen molar-refractivity contribution in [2.24, 2.45) is 0 Å². The van der Waals surface area contributed by atoms with Gasteiger partial charge in [0.2, 0.25) is 0 Å². The zero-order valence-electron chi connectivity index (χ0n) is 8.20. The van der Waals surface area contributed by atoms with Crippen LogP contribution in [0.25, 0.3) is 0 Å². The summed E-state index contributed by atoms with van der Waals surface area (Å²) in [4.78, 5) is 21.2. The Balaban J connectivity index is 2.94. The van der Waals surface area contributed by atoms with E-state index in [1.165, 1.54) is 0 Å². The summed E-state index contributed by atoms with van der Waals surface area (Å²) >= 11 is 0. The quantitative estimate of drug-likeness (QED) is 0.579. The van der Waals surface area contributed by atoms with Crippen molar-refractivity contribution in [1.29, 1.82) is 0 Å². The van der Waals surface area contributed by atoms with Crippen LogP contribution < -0.4 is 0 Å². The summed E-state index contributed by atoms with van der Waals surface area (Å²) in [5, 5.41) is 35.9. The third-order valence-corrected chi connectivity index (χ3v) is 2.10. The van der Waals surface area contributed by atoms with Gasteiger partial charge in [0.1, 0.15) is 6.04 Å². The fourth-order valence-electron chi connectivity index (χ4n) is 1.37. The molecule has 1 atom stereocenters. The van der Waals surface area contributed by atoms with Crippen molar-refractivity contribution in [3.63, 3.8) is 0 Å². The van der Waals surface area contributed by atoms with Crippen LogP contribution in [0.5, 0.6) is 11.8 Å². The molecule has 16 heavy (non-hydrogen) atoms. The van der Waals surface area contributed by atoms with Crippen LogP contribution in [-0.4, -0.2) is 36.9 Å². The van der Waals surface area contributed by atoms with E-state index in [1.54, 1.807) is 0 Å². The largest absolute Gasteiger partial charge is 0.494 e. The number of aliphatic carboxylic acids is 2. The number of nitrogens with zero attached hydrogens (tertiary/aromatic N) is 1. The Bertz CT molecular complexity index is 391. The molecule has 1 unspecified atom stereocenters. The maximum Gasteiger partial charge on any atom is 0.326 e. The second kappa shape index (κ2) is 4.56. The molecular weight excluding hydrogens is 218 g/mol. The standard InChI is InChI=1S/C9H11NO6/c11-6-2-3-7(12)10(6)5(9(15)16)1-4-8(13)14/h2-3,5,11-12H,1,4H2,(H,13,14)(H,15,16). The Morgan fingerprint density at radius 1 is 1.19 bits per heavy atom. The molecule has 0 spiro atoms. The molecule has 0 fully saturated rings. The molecule has 0 radical (unpaired) electrons. The average Bonchev–Trinajstić information content (AvgIpc) is 2.48. The lowest BCUT2D eigenvalue weighted by atomic mass is 10.1. The molecule has 4 N–H and O–H groups in total. The van der Waals surface area contributed by atoms with Crippen molar-refractivity contribution in [1.82, 2.24) is 4.57 Å². The topological polar surface area (TPSA) is 120 Å². The number of rotatable bonds is 5. The highest BCUT2D eigenvalue weighted by atomic mass is 16.4. The van der Waals surface area contributed by atoms with Crippen LogP contribution in [0.1, 0.15) is 18.9 Å². The third kappa shape index (κ3) is 2.44.